The number of hydrogen-bond acceptors (Lipinski definition) is 4. The zero-order chi connectivity index (χ0) is 21.6. The van der Waals surface area contributed by atoms with E-state index in [-0.39, 0.29) is 11.3 Å². The van der Waals surface area contributed by atoms with E-state index in [0.29, 0.717) is 17.3 Å². The zero-order valence-electron chi connectivity index (χ0n) is 17.2. The van der Waals surface area contributed by atoms with E-state index < -0.39 is 5.91 Å². The van der Waals surface area contributed by atoms with Gasteiger partial charge in [-0.05, 0) is 29.2 Å². The van der Waals surface area contributed by atoms with Gasteiger partial charge in [0.25, 0.3) is 11.5 Å². The van der Waals surface area contributed by atoms with Crippen molar-refractivity contribution in [1.82, 2.24) is 15.2 Å². The van der Waals surface area contributed by atoms with E-state index >= 15 is 0 Å². The van der Waals surface area contributed by atoms with Crippen LogP contribution in [0.1, 0.15) is 29.4 Å². The summed E-state index contributed by atoms with van der Waals surface area (Å²) in [6.45, 7) is 2.40. The molecule has 1 amide bonds. The van der Waals surface area contributed by atoms with Crippen LogP contribution in [0.3, 0.4) is 0 Å². The van der Waals surface area contributed by atoms with Crippen LogP contribution in [0.2, 0.25) is 0 Å². The summed E-state index contributed by atoms with van der Waals surface area (Å²) >= 11 is 0. The van der Waals surface area contributed by atoms with Crippen LogP contribution in [0.25, 0.3) is 21.9 Å². The fourth-order valence-electron chi connectivity index (χ4n) is 3.38. The van der Waals surface area contributed by atoms with E-state index in [1.54, 1.807) is 30.5 Å². The molecule has 4 aromatic rings. The number of fused-ring (bicyclic) bond motifs is 1. The summed E-state index contributed by atoms with van der Waals surface area (Å²) < 4.78 is 1.34. The molecule has 0 aliphatic heterocycles. The minimum absolute atomic E-state index is 0.181. The molecule has 6 nitrogen and oxygen atoms in total. The highest BCUT2D eigenvalue weighted by Crippen LogP contribution is 2.18. The van der Waals surface area contributed by atoms with E-state index in [1.807, 2.05) is 49.4 Å². The Morgan fingerprint density at radius 3 is 2.29 bits per heavy atom. The average molecular weight is 410 g/mol. The first-order chi connectivity index (χ1) is 15.2. The number of aryl methyl sites for hydroxylation is 1. The number of nitrogens with one attached hydrogen (secondary N) is 1. The topological polar surface area (TPSA) is 76.3 Å². The quantitative estimate of drug-likeness (QED) is 0.382. The van der Waals surface area contributed by atoms with Crippen molar-refractivity contribution in [2.75, 3.05) is 0 Å². The number of nitrogens with zero attached hydrogens (tertiary/aromatic N) is 3. The molecule has 31 heavy (non-hydrogen) atoms. The van der Waals surface area contributed by atoms with Crippen LogP contribution in [0, 0.1) is 0 Å². The predicted octanol–water partition coefficient (Wildman–Crippen LogP) is 4.24. The molecule has 1 heterocycles. The second-order valence-electron chi connectivity index (χ2n) is 7.11. The highest BCUT2D eigenvalue weighted by atomic mass is 16.2. The maximum atomic E-state index is 12.8. The third kappa shape index (κ3) is 4.43. The molecule has 1 aromatic heterocycles. The predicted molar refractivity (Wildman–Crippen MR) is 123 cm³/mol. The monoisotopic (exact) mass is 410 g/mol. The van der Waals surface area contributed by atoms with Gasteiger partial charge in [0.2, 0.25) is 0 Å². The maximum absolute atomic E-state index is 12.8. The molecule has 0 fully saturated rings. The zero-order valence-corrected chi connectivity index (χ0v) is 17.2. The number of benzene rings is 3. The van der Waals surface area contributed by atoms with Gasteiger partial charge in [-0.15, -0.1) is 0 Å². The summed E-state index contributed by atoms with van der Waals surface area (Å²) in [7, 11) is 0. The summed E-state index contributed by atoms with van der Waals surface area (Å²) in [4.78, 5) is 25.3. The molecule has 0 aliphatic rings. The molecular formula is C25H22N4O2. The largest absolute Gasteiger partial charge is 0.292 e. The summed E-state index contributed by atoms with van der Waals surface area (Å²) in [5.41, 5.74) is 5.61. The normalized spacial score (nSPS) is 11.1. The lowest BCUT2D eigenvalue weighted by Gasteiger charge is -2.09. The smallest absolute Gasteiger partial charge is 0.267 e. The van der Waals surface area contributed by atoms with Crippen molar-refractivity contribution in [3.8, 4) is 11.1 Å². The van der Waals surface area contributed by atoms with Crippen LogP contribution in [-0.4, -0.2) is 21.9 Å². The third-order valence-electron chi connectivity index (χ3n) is 4.92. The molecule has 6 heteroatoms. The van der Waals surface area contributed by atoms with Gasteiger partial charge in [0, 0.05) is 11.9 Å². The molecule has 0 unspecified atom stereocenters. The minimum Gasteiger partial charge on any atom is -0.267 e. The van der Waals surface area contributed by atoms with Crippen LogP contribution in [0.4, 0.5) is 0 Å². The Morgan fingerprint density at radius 1 is 0.935 bits per heavy atom. The first kappa shape index (κ1) is 20.2. The fourth-order valence-corrected chi connectivity index (χ4v) is 3.38. The van der Waals surface area contributed by atoms with Crippen LogP contribution in [0.5, 0.6) is 0 Å². The Hall–Kier alpha value is -4.06. The molecule has 0 bridgehead atoms. The second kappa shape index (κ2) is 9.17. The third-order valence-corrected chi connectivity index (χ3v) is 4.92. The Balaban J connectivity index is 1.54. The lowest BCUT2D eigenvalue weighted by molar-refractivity contribution is 0.0949. The summed E-state index contributed by atoms with van der Waals surface area (Å²) in [5.74, 6) is -0.460. The molecule has 4 rings (SSSR count). The minimum atomic E-state index is -0.460. The number of hydrazone groups is 1. The van der Waals surface area contributed by atoms with Crippen molar-refractivity contribution >= 4 is 22.9 Å². The van der Waals surface area contributed by atoms with Gasteiger partial charge in [-0.25, -0.2) is 10.1 Å². The molecule has 0 radical (unpaired) electrons. The van der Waals surface area contributed by atoms with Gasteiger partial charge in [-0.1, -0.05) is 79.7 Å². The van der Waals surface area contributed by atoms with Crippen molar-refractivity contribution < 1.29 is 4.79 Å². The van der Waals surface area contributed by atoms with Gasteiger partial charge in [-0.3, -0.25) is 9.59 Å². The number of aromatic nitrogens is 2. The van der Waals surface area contributed by atoms with Crippen LogP contribution in [0.15, 0.2) is 88.8 Å². The SMILES string of the molecule is CCCn1nc(C(=O)N/N=C\c2ccc(-c3ccccc3)cc2)c2ccccc2c1=O. The van der Waals surface area contributed by atoms with Crippen LogP contribution < -0.4 is 11.0 Å². The average Bonchev–Trinajstić information content (AvgIpc) is 2.82. The van der Waals surface area contributed by atoms with Crippen molar-refractivity contribution in [3.63, 3.8) is 0 Å². The standard InChI is InChI=1S/C25H22N4O2/c1-2-16-29-25(31)22-11-7-6-10-21(22)23(28-29)24(30)27-26-17-18-12-14-20(15-13-18)19-8-4-3-5-9-19/h3-15,17H,2,16H2,1H3,(H,27,30)/b26-17-. The molecule has 0 spiro atoms. The Kier molecular flexibility index (Phi) is 5.98. The van der Waals surface area contributed by atoms with Crippen molar-refractivity contribution in [2.45, 2.75) is 19.9 Å². The van der Waals surface area contributed by atoms with Crippen molar-refractivity contribution in [2.24, 2.45) is 5.10 Å². The summed E-state index contributed by atoms with van der Waals surface area (Å²) in [5, 5.41) is 9.34. The Morgan fingerprint density at radius 2 is 1.58 bits per heavy atom. The number of carbonyl (C=O) groups excluding carboxylic acids is 1. The van der Waals surface area contributed by atoms with Crippen LogP contribution in [-0.2, 0) is 6.54 Å². The van der Waals surface area contributed by atoms with E-state index in [9.17, 15) is 9.59 Å². The molecule has 0 saturated heterocycles. The molecule has 154 valence electrons. The number of rotatable bonds is 6. The van der Waals surface area contributed by atoms with Gasteiger partial charge in [0.15, 0.2) is 5.69 Å². The van der Waals surface area contributed by atoms with Crippen molar-refractivity contribution in [1.29, 1.82) is 0 Å². The molecule has 0 atom stereocenters. The number of carbonyl (C=O) groups is 1. The number of hydrogen-bond donors (Lipinski definition) is 1. The van der Waals surface area contributed by atoms with Gasteiger partial charge in [-0.2, -0.15) is 10.2 Å². The second-order valence-corrected chi connectivity index (χ2v) is 7.11. The lowest BCUT2D eigenvalue weighted by atomic mass is 10.0. The van der Waals surface area contributed by atoms with Gasteiger partial charge >= 0.3 is 0 Å². The highest BCUT2D eigenvalue weighted by molar-refractivity contribution is 6.05. The molecule has 1 N–H and O–H groups in total. The first-order valence-electron chi connectivity index (χ1n) is 10.2. The molecular weight excluding hydrogens is 388 g/mol. The molecule has 3 aromatic carbocycles. The Labute approximate surface area is 179 Å². The molecule has 0 saturated carbocycles. The lowest BCUT2D eigenvalue weighted by Crippen LogP contribution is -2.29. The van der Waals surface area contributed by atoms with Crippen molar-refractivity contribution in [3.05, 3.63) is 100 Å². The first-order valence-corrected chi connectivity index (χ1v) is 10.2. The van der Waals surface area contributed by atoms with E-state index in [4.69, 9.17) is 0 Å². The van der Waals surface area contributed by atoms with E-state index in [2.05, 4.69) is 27.8 Å². The van der Waals surface area contributed by atoms with E-state index in [1.165, 1.54) is 4.68 Å². The number of amides is 1. The maximum Gasteiger partial charge on any atom is 0.292 e. The fraction of sp³-hybridized carbons (Fsp3) is 0.120. The van der Waals surface area contributed by atoms with Crippen LogP contribution >= 0.6 is 0 Å². The van der Waals surface area contributed by atoms with Gasteiger partial charge < -0.3 is 0 Å². The van der Waals surface area contributed by atoms with E-state index in [0.717, 1.165) is 23.1 Å². The molecule has 0 aliphatic carbocycles. The summed E-state index contributed by atoms with van der Waals surface area (Å²) in [6, 6.07) is 25.0. The van der Waals surface area contributed by atoms with Gasteiger partial charge in [0.05, 0.1) is 11.6 Å². The Bertz CT molecular complexity index is 1290. The highest BCUT2D eigenvalue weighted by Gasteiger charge is 2.15. The van der Waals surface area contributed by atoms with Gasteiger partial charge in [0.1, 0.15) is 0 Å². The summed E-state index contributed by atoms with van der Waals surface area (Å²) in [6.07, 6.45) is 2.32.